The van der Waals surface area contributed by atoms with Crippen LogP contribution in [0, 0.1) is 0 Å². The van der Waals surface area contributed by atoms with E-state index in [1.165, 1.54) is 11.8 Å². The van der Waals surface area contributed by atoms with Gasteiger partial charge in [0.2, 0.25) is 0 Å². The molecule has 7 heteroatoms. The Morgan fingerprint density at radius 2 is 2.17 bits per heavy atom. The third-order valence-corrected chi connectivity index (χ3v) is 6.90. The molecule has 1 fully saturated rings. The van der Waals surface area contributed by atoms with Crippen LogP contribution in [0.5, 0.6) is 0 Å². The van der Waals surface area contributed by atoms with Crippen LogP contribution in [0.4, 0.5) is 0 Å². The van der Waals surface area contributed by atoms with E-state index in [9.17, 15) is 13.2 Å². The highest BCUT2D eigenvalue weighted by atomic mass is 32.2. The molecule has 2 rings (SSSR count). The Balaban J connectivity index is 1.93. The summed E-state index contributed by atoms with van der Waals surface area (Å²) in [4.78, 5) is 13.2. The van der Waals surface area contributed by atoms with Gasteiger partial charge in [-0.25, -0.2) is 8.42 Å². The first-order valence-electron chi connectivity index (χ1n) is 7.84. The van der Waals surface area contributed by atoms with Crippen molar-refractivity contribution in [2.45, 2.75) is 29.9 Å². The van der Waals surface area contributed by atoms with E-state index in [0.29, 0.717) is 31.7 Å². The number of thioether (sulfide) groups is 1. The molecule has 0 radical (unpaired) electrons. The third kappa shape index (κ3) is 5.82. The summed E-state index contributed by atoms with van der Waals surface area (Å²) in [6.45, 7) is 3.82. The van der Waals surface area contributed by atoms with Crippen molar-refractivity contribution in [2.24, 2.45) is 0 Å². The Morgan fingerprint density at radius 1 is 1.39 bits per heavy atom. The highest BCUT2D eigenvalue weighted by Gasteiger charge is 2.29. The van der Waals surface area contributed by atoms with E-state index in [1.807, 2.05) is 25.1 Å². The molecule has 0 saturated carbocycles. The summed E-state index contributed by atoms with van der Waals surface area (Å²) in [6.07, 6.45) is 1.42. The molecule has 23 heavy (non-hydrogen) atoms. The number of carbonyl (C=O) groups excluding carboxylic acids is 1. The first-order chi connectivity index (χ1) is 11.0. The fourth-order valence-electron chi connectivity index (χ4n) is 2.41. The maximum absolute atomic E-state index is 12.3. The molecule has 1 aliphatic heterocycles. The van der Waals surface area contributed by atoms with Gasteiger partial charge in [0.25, 0.3) is 5.91 Å². The number of hydrogen-bond donors (Lipinski definition) is 1. The molecule has 0 bridgehead atoms. The highest BCUT2D eigenvalue weighted by molar-refractivity contribution is 8.02. The van der Waals surface area contributed by atoms with Gasteiger partial charge in [-0.05, 0) is 31.9 Å². The third-order valence-electron chi connectivity index (χ3n) is 3.57. The predicted octanol–water partition coefficient (Wildman–Crippen LogP) is 2.12. The molecule has 1 saturated heterocycles. The zero-order valence-electron chi connectivity index (χ0n) is 13.3. The van der Waals surface area contributed by atoms with Gasteiger partial charge in [-0.3, -0.25) is 4.79 Å². The average Bonchev–Trinajstić information content (AvgIpc) is 2.86. The van der Waals surface area contributed by atoms with E-state index in [2.05, 4.69) is 5.32 Å². The lowest BCUT2D eigenvalue weighted by Gasteiger charge is -2.12. The number of benzene rings is 1. The normalized spacial score (nSPS) is 19.6. The molecule has 1 N–H and O–H groups in total. The van der Waals surface area contributed by atoms with Crippen LogP contribution in [0.15, 0.2) is 29.2 Å². The van der Waals surface area contributed by atoms with Crippen LogP contribution >= 0.6 is 11.8 Å². The zero-order chi connectivity index (χ0) is 16.7. The number of rotatable bonds is 8. The first kappa shape index (κ1) is 18.3. The van der Waals surface area contributed by atoms with E-state index in [4.69, 9.17) is 4.74 Å². The van der Waals surface area contributed by atoms with Gasteiger partial charge in [0.05, 0.1) is 17.1 Å². The highest BCUT2D eigenvalue weighted by Crippen LogP contribution is 2.32. The topological polar surface area (TPSA) is 72.5 Å². The van der Waals surface area contributed by atoms with Crippen LogP contribution in [0.1, 0.15) is 30.1 Å². The van der Waals surface area contributed by atoms with Crippen LogP contribution in [-0.2, 0) is 14.6 Å². The summed E-state index contributed by atoms with van der Waals surface area (Å²) >= 11 is 1.49. The first-order valence-corrected chi connectivity index (χ1v) is 10.5. The smallest absolute Gasteiger partial charge is 0.252 e. The maximum atomic E-state index is 12.3. The SMILES string of the molecule is CCOCCCNC(=O)c1ccccc1SC1CCS(=O)(=O)C1. The lowest BCUT2D eigenvalue weighted by Crippen LogP contribution is -2.26. The van der Waals surface area contributed by atoms with Gasteiger partial charge in [-0.1, -0.05) is 12.1 Å². The Labute approximate surface area is 142 Å². The summed E-state index contributed by atoms with van der Waals surface area (Å²) in [7, 11) is -2.91. The molecule has 0 aromatic heterocycles. The van der Waals surface area contributed by atoms with Gasteiger partial charge >= 0.3 is 0 Å². The quantitative estimate of drug-likeness (QED) is 0.722. The molecule has 1 aliphatic rings. The molecule has 5 nitrogen and oxygen atoms in total. The second kappa shape index (κ2) is 8.70. The molecule has 0 aliphatic carbocycles. The average molecular weight is 357 g/mol. The Kier molecular flexibility index (Phi) is 6.92. The largest absolute Gasteiger partial charge is 0.382 e. The number of nitrogens with one attached hydrogen (secondary N) is 1. The van der Waals surface area contributed by atoms with Crippen molar-refractivity contribution in [1.29, 1.82) is 0 Å². The predicted molar refractivity (Wildman–Crippen MR) is 92.8 cm³/mol. The number of ether oxygens (including phenoxy) is 1. The zero-order valence-corrected chi connectivity index (χ0v) is 14.9. The van der Waals surface area contributed by atoms with E-state index in [-0.39, 0.29) is 22.7 Å². The Hall–Kier alpha value is -1.05. The lowest BCUT2D eigenvalue weighted by molar-refractivity contribution is 0.0941. The van der Waals surface area contributed by atoms with E-state index >= 15 is 0 Å². The van der Waals surface area contributed by atoms with Crippen LogP contribution in [0.3, 0.4) is 0 Å². The summed E-state index contributed by atoms with van der Waals surface area (Å²) in [5.74, 6) is 0.323. The van der Waals surface area contributed by atoms with Gasteiger partial charge in [-0.2, -0.15) is 0 Å². The van der Waals surface area contributed by atoms with E-state index in [1.54, 1.807) is 6.07 Å². The molecular weight excluding hydrogens is 334 g/mol. The van der Waals surface area contributed by atoms with Gasteiger partial charge < -0.3 is 10.1 Å². The van der Waals surface area contributed by atoms with Crippen molar-refractivity contribution in [3.8, 4) is 0 Å². The minimum Gasteiger partial charge on any atom is -0.382 e. The van der Waals surface area contributed by atoms with Gasteiger partial charge in [-0.15, -0.1) is 11.8 Å². The van der Waals surface area contributed by atoms with Crippen molar-refractivity contribution in [3.63, 3.8) is 0 Å². The van der Waals surface area contributed by atoms with Crippen molar-refractivity contribution in [3.05, 3.63) is 29.8 Å². The van der Waals surface area contributed by atoms with Crippen LogP contribution in [0.2, 0.25) is 0 Å². The molecular formula is C16H23NO4S2. The van der Waals surface area contributed by atoms with Crippen molar-refractivity contribution in [2.75, 3.05) is 31.3 Å². The van der Waals surface area contributed by atoms with Crippen molar-refractivity contribution >= 4 is 27.5 Å². The summed E-state index contributed by atoms with van der Waals surface area (Å²) in [6, 6.07) is 7.36. The number of hydrogen-bond acceptors (Lipinski definition) is 5. The molecule has 1 aromatic carbocycles. The fraction of sp³-hybridized carbons (Fsp3) is 0.562. The molecule has 1 amide bonds. The molecule has 0 spiro atoms. The minimum atomic E-state index is -2.91. The molecule has 1 unspecified atom stereocenters. The van der Waals surface area contributed by atoms with Crippen molar-refractivity contribution in [1.82, 2.24) is 5.32 Å². The monoisotopic (exact) mass is 357 g/mol. The van der Waals surface area contributed by atoms with Gasteiger partial charge in [0, 0.05) is 29.9 Å². The number of amides is 1. The maximum Gasteiger partial charge on any atom is 0.252 e. The molecule has 128 valence electrons. The van der Waals surface area contributed by atoms with Crippen LogP contribution in [0.25, 0.3) is 0 Å². The fourth-order valence-corrected chi connectivity index (χ4v) is 6.03. The Bertz CT molecular complexity index is 631. The van der Waals surface area contributed by atoms with Gasteiger partial charge in [0.15, 0.2) is 9.84 Å². The standard InChI is InChI=1S/C16H23NO4S2/c1-2-21-10-5-9-17-16(18)14-6-3-4-7-15(14)22-13-8-11-23(19,20)12-13/h3-4,6-7,13H,2,5,8-12H2,1H3,(H,17,18). The second-order valence-electron chi connectivity index (χ2n) is 5.45. The van der Waals surface area contributed by atoms with Gasteiger partial charge in [0.1, 0.15) is 0 Å². The molecule has 1 heterocycles. The minimum absolute atomic E-state index is 0.0342. The summed E-state index contributed by atoms with van der Waals surface area (Å²) in [5, 5.41) is 2.92. The molecule has 1 aromatic rings. The van der Waals surface area contributed by atoms with Crippen LogP contribution in [-0.4, -0.2) is 50.8 Å². The molecule has 1 atom stereocenters. The van der Waals surface area contributed by atoms with E-state index < -0.39 is 9.84 Å². The lowest BCUT2D eigenvalue weighted by atomic mass is 10.2. The second-order valence-corrected chi connectivity index (χ2v) is 9.02. The number of sulfone groups is 1. The number of carbonyl (C=O) groups is 1. The van der Waals surface area contributed by atoms with Crippen LogP contribution < -0.4 is 5.32 Å². The van der Waals surface area contributed by atoms with E-state index in [0.717, 1.165) is 11.3 Å². The Morgan fingerprint density at radius 3 is 2.87 bits per heavy atom. The summed E-state index contributed by atoms with van der Waals surface area (Å²) in [5.41, 5.74) is 0.609. The summed E-state index contributed by atoms with van der Waals surface area (Å²) < 4.78 is 28.4. The van der Waals surface area contributed by atoms with Crippen molar-refractivity contribution < 1.29 is 17.9 Å².